The van der Waals surface area contributed by atoms with Gasteiger partial charge in [-0.25, -0.2) is 0 Å². The smallest absolute Gasteiger partial charge is 0.134 e. The van der Waals surface area contributed by atoms with Crippen molar-refractivity contribution in [1.82, 2.24) is 0 Å². The van der Waals surface area contributed by atoms with E-state index in [-0.39, 0.29) is 16.6 Å². The minimum atomic E-state index is -0.175. The summed E-state index contributed by atoms with van der Waals surface area (Å²) in [7, 11) is 0. The number of halogens is 2. The Hall–Kier alpha value is -0.600. The van der Waals surface area contributed by atoms with E-state index in [4.69, 9.17) is 11.6 Å². The van der Waals surface area contributed by atoms with Crippen LogP contribution in [0.1, 0.15) is 30.4 Å². The van der Waals surface area contributed by atoms with E-state index in [1.54, 1.807) is 0 Å². The van der Waals surface area contributed by atoms with Crippen molar-refractivity contribution in [2.45, 2.75) is 30.1 Å². The lowest BCUT2D eigenvalue weighted by molar-refractivity contribution is -0.120. The van der Waals surface area contributed by atoms with Crippen LogP contribution in [0.2, 0.25) is 0 Å². The van der Waals surface area contributed by atoms with E-state index in [1.165, 1.54) is 11.1 Å². The summed E-state index contributed by atoms with van der Waals surface area (Å²) in [4.78, 5) is 11.5. The van der Waals surface area contributed by atoms with Gasteiger partial charge in [0.15, 0.2) is 0 Å². The highest BCUT2D eigenvalue weighted by molar-refractivity contribution is 9.11. The molecule has 2 aliphatic carbocycles. The Kier molecular flexibility index (Phi) is 2.68. The Morgan fingerprint density at radius 3 is 2.88 bits per heavy atom. The van der Waals surface area contributed by atoms with Crippen LogP contribution in [0.3, 0.4) is 0 Å². The van der Waals surface area contributed by atoms with Gasteiger partial charge in [-0.05, 0) is 23.6 Å². The van der Waals surface area contributed by atoms with Crippen LogP contribution in [0.5, 0.6) is 0 Å². The Bertz CT molecular complexity index is 523. The number of carbonyl (C=O) groups is 1. The Morgan fingerprint density at radius 1 is 1.35 bits per heavy atom. The molecule has 1 aromatic rings. The summed E-state index contributed by atoms with van der Waals surface area (Å²) in [5.74, 6) is 0.278. The van der Waals surface area contributed by atoms with Crippen LogP contribution >= 0.6 is 27.5 Å². The summed E-state index contributed by atoms with van der Waals surface area (Å²) in [6, 6.07) is 8.31. The number of carbonyl (C=O) groups excluding carboxylic acids is 1. The van der Waals surface area contributed by atoms with Crippen molar-refractivity contribution in [2.24, 2.45) is 0 Å². The van der Waals surface area contributed by atoms with E-state index in [0.29, 0.717) is 12.8 Å². The predicted molar refractivity (Wildman–Crippen MR) is 73.5 cm³/mol. The van der Waals surface area contributed by atoms with Gasteiger partial charge in [-0.3, -0.25) is 4.79 Å². The van der Waals surface area contributed by atoms with Crippen LogP contribution in [0.25, 0.3) is 6.08 Å². The van der Waals surface area contributed by atoms with Crippen molar-refractivity contribution < 1.29 is 4.79 Å². The van der Waals surface area contributed by atoms with Gasteiger partial charge in [-0.15, -0.1) is 11.6 Å². The summed E-state index contributed by atoms with van der Waals surface area (Å²) in [5, 5.41) is -0.141. The van der Waals surface area contributed by atoms with Crippen molar-refractivity contribution in [2.75, 3.05) is 0 Å². The van der Waals surface area contributed by atoms with E-state index < -0.39 is 0 Å². The van der Waals surface area contributed by atoms with Gasteiger partial charge in [-0.1, -0.05) is 40.2 Å². The second-order valence-electron chi connectivity index (χ2n) is 4.76. The van der Waals surface area contributed by atoms with Crippen molar-refractivity contribution in [1.29, 1.82) is 0 Å². The molecule has 1 fully saturated rings. The molecule has 1 aromatic carbocycles. The second kappa shape index (κ2) is 3.96. The first kappa shape index (κ1) is 11.5. The molecule has 1 nitrogen and oxygen atoms in total. The molecule has 2 aliphatic rings. The Balaban J connectivity index is 2.14. The SMILES string of the molecule is O=C1CCC2(C(Br)=Cc3ccccc32)C(Cl)C1. The van der Waals surface area contributed by atoms with E-state index in [2.05, 4.69) is 34.1 Å². The molecule has 0 heterocycles. The summed E-state index contributed by atoms with van der Waals surface area (Å²) in [6.07, 6.45) is 4.05. The Morgan fingerprint density at radius 2 is 2.12 bits per heavy atom. The fraction of sp³-hybridized carbons (Fsp3) is 0.357. The molecule has 17 heavy (non-hydrogen) atoms. The van der Waals surface area contributed by atoms with Crippen LogP contribution in [-0.4, -0.2) is 11.2 Å². The molecule has 0 amide bonds. The quantitative estimate of drug-likeness (QED) is 0.661. The van der Waals surface area contributed by atoms with Gasteiger partial charge in [0.05, 0.1) is 5.38 Å². The predicted octanol–water partition coefficient (Wildman–Crippen LogP) is 4.03. The van der Waals surface area contributed by atoms with E-state index in [9.17, 15) is 4.79 Å². The zero-order valence-corrected chi connectivity index (χ0v) is 11.6. The number of hydrogen-bond acceptors (Lipinski definition) is 1. The largest absolute Gasteiger partial charge is 0.300 e. The van der Waals surface area contributed by atoms with Crippen LogP contribution in [0, 0.1) is 0 Å². The number of hydrogen-bond donors (Lipinski definition) is 0. The van der Waals surface area contributed by atoms with E-state index >= 15 is 0 Å². The van der Waals surface area contributed by atoms with Crippen LogP contribution in [-0.2, 0) is 10.2 Å². The number of Topliss-reactive ketones (excluding diaryl/α,β-unsaturated/α-hetero) is 1. The topological polar surface area (TPSA) is 17.1 Å². The van der Waals surface area contributed by atoms with Crippen molar-refractivity contribution in [3.63, 3.8) is 0 Å². The van der Waals surface area contributed by atoms with Crippen molar-refractivity contribution in [3.05, 3.63) is 39.9 Å². The molecule has 0 radical (unpaired) electrons. The number of ketones is 1. The van der Waals surface area contributed by atoms with Gasteiger partial charge >= 0.3 is 0 Å². The maximum atomic E-state index is 11.5. The second-order valence-corrected chi connectivity index (χ2v) is 6.14. The lowest BCUT2D eigenvalue weighted by Gasteiger charge is -2.39. The molecule has 0 N–H and O–H groups in total. The van der Waals surface area contributed by atoms with Gasteiger partial charge < -0.3 is 0 Å². The van der Waals surface area contributed by atoms with E-state index in [1.807, 2.05) is 12.1 Å². The van der Waals surface area contributed by atoms with Crippen LogP contribution < -0.4 is 0 Å². The zero-order chi connectivity index (χ0) is 12.0. The first-order chi connectivity index (χ1) is 8.14. The number of allylic oxidation sites excluding steroid dienone is 1. The fourth-order valence-electron chi connectivity index (χ4n) is 2.96. The monoisotopic (exact) mass is 310 g/mol. The molecular weight excluding hydrogens is 300 g/mol. The van der Waals surface area contributed by atoms with Crippen LogP contribution in [0.4, 0.5) is 0 Å². The summed E-state index contributed by atoms with van der Waals surface area (Å²) < 4.78 is 1.12. The molecule has 0 aliphatic heterocycles. The first-order valence-electron chi connectivity index (χ1n) is 5.77. The molecule has 1 spiro atoms. The summed E-state index contributed by atoms with van der Waals surface area (Å²) in [6.45, 7) is 0. The van der Waals surface area contributed by atoms with Gasteiger partial charge in [0.1, 0.15) is 5.78 Å². The number of rotatable bonds is 0. The highest BCUT2D eigenvalue weighted by Gasteiger charge is 2.49. The van der Waals surface area contributed by atoms with Crippen LogP contribution in [0.15, 0.2) is 28.7 Å². The molecule has 0 saturated heterocycles. The maximum absolute atomic E-state index is 11.5. The third kappa shape index (κ3) is 1.54. The minimum absolute atomic E-state index is 0.141. The third-order valence-electron chi connectivity index (χ3n) is 3.89. The van der Waals surface area contributed by atoms with Crippen molar-refractivity contribution in [3.8, 4) is 0 Å². The highest BCUT2D eigenvalue weighted by atomic mass is 79.9. The average molecular weight is 312 g/mol. The lowest BCUT2D eigenvalue weighted by atomic mass is 9.70. The number of alkyl halides is 1. The van der Waals surface area contributed by atoms with Gasteiger partial charge in [0, 0.05) is 22.7 Å². The average Bonchev–Trinajstić information content (AvgIpc) is 2.58. The first-order valence-corrected chi connectivity index (χ1v) is 7.00. The van der Waals surface area contributed by atoms with Gasteiger partial charge in [0.2, 0.25) is 0 Å². The molecule has 88 valence electrons. The molecule has 0 bridgehead atoms. The molecule has 1 saturated carbocycles. The number of benzene rings is 1. The lowest BCUT2D eigenvalue weighted by Crippen LogP contribution is -2.41. The van der Waals surface area contributed by atoms with Gasteiger partial charge in [0.25, 0.3) is 0 Å². The van der Waals surface area contributed by atoms with Gasteiger partial charge in [-0.2, -0.15) is 0 Å². The highest BCUT2D eigenvalue weighted by Crippen LogP contribution is 2.54. The zero-order valence-electron chi connectivity index (χ0n) is 9.25. The fourth-order valence-corrected chi connectivity index (χ4v) is 4.55. The molecular formula is C14H12BrClO. The molecule has 2 unspecified atom stereocenters. The summed E-state index contributed by atoms with van der Waals surface area (Å²) >= 11 is 10.2. The summed E-state index contributed by atoms with van der Waals surface area (Å²) in [5.41, 5.74) is 2.31. The molecule has 3 rings (SSSR count). The normalized spacial score (nSPS) is 31.5. The standard InChI is InChI=1S/C14H12BrClO/c15-12-7-9-3-1-2-4-11(9)14(12)6-5-10(17)8-13(14)16/h1-4,7,13H,5-6,8H2. The molecule has 3 heteroatoms. The third-order valence-corrected chi connectivity index (χ3v) is 5.35. The molecule has 0 aromatic heterocycles. The minimum Gasteiger partial charge on any atom is -0.300 e. The van der Waals surface area contributed by atoms with Crippen molar-refractivity contribution >= 4 is 39.4 Å². The van der Waals surface area contributed by atoms with E-state index in [0.717, 1.165) is 10.9 Å². The molecule has 2 atom stereocenters. The maximum Gasteiger partial charge on any atom is 0.134 e. The number of fused-ring (bicyclic) bond motifs is 2. The Labute approximate surface area is 114 Å².